The lowest BCUT2D eigenvalue weighted by molar-refractivity contribution is 0.175. The van der Waals surface area contributed by atoms with Gasteiger partial charge in [-0.3, -0.25) is 0 Å². The molecule has 1 aliphatic rings. The van der Waals surface area contributed by atoms with Crippen LogP contribution in [-0.4, -0.2) is 6.54 Å². The van der Waals surface area contributed by atoms with Gasteiger partial charge in [0.15, 0.2) is 0 Å². The molecular formula is C19H30BrN. The normalized spacial score (nSPS) is 24.0. The van der Waals surface area contributed by atoms with Gasteiger partial charge < -0.3 is 5.32 Å². The van der Waals surface area contributed by atoms with E-state index in [1.165, 1.54) is 54.1 Å². The van der Waals surface area contributed by atoms with Gasteiger partial charge in [-0.1, -0.05) is 67.6 Å². The summed E-state index contributed by atoms with van der Waals surface area (Å²) in [5.74, 6) is 1.66. The lowest BCUT2D eigenvalue weighted by atomic mass is 9.72. The Hall–Kier alpha value is -0.340. The molecule has 1 aliphatic carbocycles. The van der Waals surface area contributed by atoms with Crippen LogP contribution in [0.5, 0.6) is 0 Å². The van der Waals surface area contributed by atoms with E-state index in [1.54, 1.807) is 0 Å². The number of aryl methyl sites for hydroxylation is 1. The van der Waals surface area contributed by atoms with Crippen LogP contribution in [0.2, 0.25) is 0 Å². The minimum atomic E-state index is 0.505. The fraction of sp³-hybridized carbons (Fsp3) is 0.684. The largest absolute Gasteiger partial charge is 0.310 e. The number of benzene rings is 1. The highest BCUT2D eigenvalue weighted by Crippen LogP contribution is 2.42. The van der Waals surface area contributed by atoms with E-state index in [0.717, 1.165) is 18.4 Å². The quantitative estimate of drug-likeness (QED) is 0.661. The molecule has 3 atom stereocenters. The molecule has 1 aromatic rings. The Morgan fingerprint density at radius 2 is 2.00 bits per heavy atom. The molecule has 0 heterocycles. The van der Waals surface area contributed by atoms with Crippen molar-refractivity contribution in [3.8, 4) is 0 Å². The number of halogens is 1. The van der Waals surface area contributed by atoms with Crippen molar-refractivity contribution in [2.24, 2.45) is 11.8 Å². The molecule has 2 rings (SSSR count). The zero-order chi connectivity index (χ0) is 15.2. The zero-order valence-electron chi connectivity index (χ0n) is 13.8. The molecule has 1 nitrogen and oxygen atoms in total. The van der Waals surface area contributed by atoms with Gasteiger partial charge in [0, 0.05) is 10.5 Å². The summed E-state index contributed by atoms with van der Waals surface area (Å²) in [6.07, 6.45) is 8.12. The van der Waals surface area contributed by atoms with E-state index >= 15 is 0 Å². The molecule has 3 unspecified atom stereocenters. The van der Waals surface area contributed by atoms with Crippen molar-refractivity contribution in [1.29, 1.82) is 0 Å². The Labute approximate surface area is 139 Å². The highest BCUT2D eigenvalue weighted by atomic mass is 79.9. The van der Waals surface area contributed by atoms with E-state index in [9.17, 15) is 0 Å². The molecule has 0 spiro atoms. The van der Waals surface area contributed by atoms with E-state index < -0.39 is 0 Å². The minimum Gasteiger partial charge on any atom is -0.310 e. The smallest absolute Gasteiger partial charge is 0.0362 e. The summed E-state index contributed by atoms with van der Waals surface area (Å²) in [5, 5.41) is 3.85. The first-order valence-corrected chi connectivity index (χ1v) is 9.46. The summed E-state index contributed by atoms with van der Waals surface area (Å²) < 4.78 is 1.27. The summed E-state index contributed by atoms with van der Waals surface area (Å²) in [4.78, 5) is 0. The van der Waals surface area contributed by atoms with Crippen LogP contribution < -0.4 is 5.32 Å². The van der Waals surface area contributed by atoms with E-state index in [4.69, 9.17) is 0 Å². The summed E-state index contributed by atoms with van der Waals surface area (Å²) in [6.45, 7) is 7.90. The second-order valence-corrected chi connectivity index (χ2v) is 7.43. The number of hydrogen-bond acceptors (Lipinski definition) is 1. The molecule has 21 heavy (non-hydrogen) atoms. The van der Waals surface area contributed by atoms with Crippen LogP contribution in [0.4, 0.5) is 0 Å². The fourth-order valence-electron chi connectivity index (χ4n) is 3.86. The molecule has 1 fully saturated rings. The highest BCUT2D eigenvalue weighted by Gasteiger charge is 2.32. The van der Waals surface area contributed by atoms with Gasteiger partial charge in [-0.2, -0.15) is 0 Å². The molecular weight excluding hydrogens is 322 g/mol. The number of rotatable bonds is 6. The molecule has 1 saturated carbocycles. The maximum Gasteiger partial charge on any atom is 0.0362 e. The number of hydrogen-bond donors (Lipinski definition) is 1. The summed E-state index contributed by atoms with van der Waals surface area (Å²) in [7, 11) is 0. The Kier molecular flexibility index (Phi) is 6.75. The van der Waals surface area contributed by atoms with Crippen molar-refractivity contribution in [1.82, 2.24) is 5.32 Å². The van der Waals surface area contributed by atoms with Gasteiger partial charge in [0.25, 0.3) is 0 Å². The van der Waals surface area contributed by atoms with E-state index in [-0.39, 0.29) is 0 Å². The Morgan fingerprint density at radius 3 is 2.67 bits per heavy atom. The van der Waals surface area contributed by atoms with E-state index in [0.29, 0.717) is 6.04 Å². The zero-order valence-corrected chi connectivity index (χ0v) is 15.4. The molecule has 118 valence electrons. The second-order valence-electron chi connectivity index (χ2n) is 6.57. The van der Waals surface area contributed by atoms with Crippen molar-refractivity contribution < 1.29 is 0 Å². The van der Waals surface area contributed by atoms with Crippen molar-refractivity contribution in [2.75, 3.05) is 6.54 Å². The first-order valence-electron chi connectivity index (χ1n) is 8.66. The molecule has 1 N–H and O–H groups in total. The minimum absolute atomic E-state index is 0.505. The first-order chi connectivity index (χ1) is 10.2. The van der Waals surface area contributed by atoms with Crippen LogP contribution in [0.25, 0.3) is 0 Å². The van der Waals surface area contributed by atoms with Gasteiger partial charge in [-0.25, -0.2) is 0 Å². The molecule has 0 saturated heterocycles. The summed E-state index contributed by atoms with van der Waals surface area (Å²) >= 11 is 3.81. The Morgan fingerprint density at radius 1 is 1.24 bits per heavy atom. The van der Waals surface area contributed by atoms with Gasteiger partial charge in [0.1, 0.15) is 0 Å². The van der Waals surface area contributed by atoms with Gasteiger partial charge in [0.05, 0.1) is 0 Å². The third-order valence-electron chi connectivity index (χ3n) is 5.03. The van der Waals surface area contributed by atoms with Gasteiger partial charge in [0.2, 0.25) is 0 Å². The molecule has 0 bridgehead atoms. The predicted molar refractivity (Wildman–Crippen MR) is 95.7 cm³/mol. The van der Waals surface area contributed by atoms with E-state index in [2.05, 4.69) is 60.2 Å². The average Bonchev–Trinajstić information content (AvgIpc) is 2.49. The van der Waals surface area contributed by atoms with Crippen LogP contribution in [0.15, 0.2) is 22.7 Å². The Bertz CT molecular complexity index is 443. The fourth-order valence-corrected chi connectivity index (χ4v) is 4.60. The van der Waals surface area contributed by atoms with E-state index in [1.807, 2.05) is 0 Å². The molecule has 0 aliphatic heterocycles. The van der Waals surface area contributed by atoms with Gasteiger partial charge in [-0.15, -0.1) is 0 Å². The van der Waals surface area contributed by atoms with Crippen LogP contribution in [0, 0.1) is 18.8 Å². The van der Waals surface area contributed by atoms with Gasteiger partial charge >= 0.3 is 0 Å². The average molecular weight is 352 g/mol. The number of nitrogens with one attached hydrogen (secondary N) is 1. The maximum absolute atomic E-state index is 3.85. The van der Waals surface area contributed by atoms with Crippen LogP contribution in [0.1, 0.15) is 69.5 Å². The SMILES string of the molecule is CCCNC(c1ccc(C)cc1Br)C1CCCCC1CC. The lowest BCUT2D eigenvalue weighted by Crippen LogP contribution is -2.35. The molecule has 0 amide bonds. The maximum atomic E-state index is 3.85. The lowest BCUT2D eigenvalue weighted by Gasteiger charge is -2.38. The summed E-state index contributed by atoms with van der Waals surface area (Å²) in [5.41, 5.74) is 2.79. The monoisotopic (exact) mass is 351 g/mol. The van der Waals surface area contributed by atoms with Crippen molar-refractivity contribution in [3.05, 3.63) is 33.8 Å². The van der Waals surface area contributed by atoms with Gasteiger partial charge in [-0.05, 0) is 55.3 Å². The van der Waals surface area contributed by atoms with Crippen LogP contribution in [0.3, 0.4) is 0 Å². The summed E-state index contributed by atoms with van der Waals surface area (Å²) in [6, 6.07) is 7.35. The molecule has 0 radical (unpaired) electrons. The third-order valence-corrected chi connectivity index (χ3v) is 5.71. The third kappa shape index (κ3) is 4.32. The molecule has 0 aromatic heterocycles. The van der Waals surface area contributed by atoms with Crippen molar-refractivity contribution >= 4 is 15.9 Å². The van der Waals surface area contributed by atoms with Crippen molar-refractivity contribution in [3.63, 3.8) is 0 Å². The first kappa shape index (κ1) is 17.0. The highest BCUT2D eigenvalue weighted by molar-refractivity contribution is 9.10. The molecule has 2 heteroatoms. The predicted octanol–water partition coefficient (Wildman–Crippen LogP) is 6.01. The standard InChI is InChI=1S/C19H30BrN/c1-4-12-21-19(16-9-7-6-8-15(16)5-2)17-11-10-14(3)13-18(17)20/h10-11,13,15-16,19,21H,4-9,12H2,1-3H3. The van der Waals surface area contributed by atoms with Crippen LogP contribution in [-0.2, 0) is 0 Å². The molecule has 1 aromatic carbocycles. The topological polar surface area (TPSA) is 12.0 Å². The second kappa shape index (κ2) is 8.33. The van der Waals surface area contributed by atoms with Crippen molar-refractivity contribution in [2.45, 2.75) is 65.3 Å². The van der Waals surface area contributed by atoms with Crippen LogP contribution >= 0.6 is 15.9 Å². The Balaban J connectivity index is 2.27.